The van der Waals surface area contributed by atoms with E-state index < -0.39 is 6.10 Å². The van der Waals surface area contributed by atoms with Gasteiger partial charge in [0.1, 0.15) is 13.2 Å². The largest absolute Gasteiger partial charge is 0.462 e. The lowest BCUT2D eigenvalue weighted by molar-refractivity contribution is -0.167. The predicted octanol–water partition coefficient (Wildman–Crippen LogP) is 24.7. The molecule has 81 heavy (non-hydrogen) atoms. The molecule has 0 amide bonds. The van der Waals surface area contributed by atoms with Crippen molar-refractivity contribution in [1.29, 1.82) is 0 Å². The molecule has 0 bridgehead atoms. The van der Waals surface area contributed by atoms with Crippen LogP contribution in [0, 0.1) is 0 Å². The fourth-order valence-corrected chi connectivity index (χ4v) is 10.7. The minimum absolute atomic E-state index is 0.0772. The van der Waals surface area contributed by atoms with E-state index in [1.807, 2.05) is 0 Å². The lowest BCUT2D eigenvalue weighted by Gasteiger charge is -2.18. The fraction of sp³-hybridized carbons (Fsp3) is 0.827. The van der Waals surface area contributed by atoms with Crippen LogP contribution in [0.4, 0.5) is 0 Å². The first-order valence-electron chi connectivity index (χ1n) is 35.8. The summed E-state index contributed by atoms with van der Waals surface area (Å²) in [6.07, 6.45) is 89.7. The maximum absolute atomic E-state index is 12.9. The van der Waals surface area contributed by atoms with Gasteiger partial charge in [-0.2, -0.15) is 0 Å². The summed E-state index contributed by atoms with van der Waals surface area (Å²) in [4.78, 5) is 38.5. The first-order valence-corrected chi connectivity index (χ1v) is 35.8. The first-order chi connectivity index (χ1) is 40.0. The van der Waals surface area contributed by atoms with Crippen molar-refractivity contribution in [1.82, 2.24) is 0 Å². The van der Waals surface area contributed by atoms with Crippen molar-refractivity contribution in [3.8, 4) is 0 Å². The van der Waals surface area contributed by atoms with Gasteiger partial charge < -0.3 is 14.2 Å². The second-order valence-electron chi connectivity index (χ2n) is 24.1. The van der Waals surface area contributed by atoms with Crippen LogP contribution >= 0.6 is 0 Å². The second-order valence-corrected chi connectivity index (χ2v) is 24.1. The van der Waals surface area contributed by atoms with Crippen LogP contribution in [0.3, 0.4) is 0 Å². The molecule has 0 aromatic carbocycles. The van der Waals surface area contributed by atoms with E-state index >= 15 is 0 Å². The molecular weight excluding hydrogens is 997 g/mol. The number of carbonyl (C=O) groups excluding carboxylic acids is 3. The molecule has 0 aromatic rings. The minimum Gasteiger partial charge on any atom is -0.462 e. The molecule has 1 unspecified atom stereocenters. The molecular formula is C75H136O6. The van der Waals surface area contributed by atoms with E-state index in [0.29, 0.717) is 19.3 Å². The normalized spacial score (nSPS) is 12.4. The molecule has 6 nitrogen and oxygen atoms in total. The van der Waals surface area contributed by atoms with Crippen molar-refractivity contribution in [3.05, 3.63) is 60.8 Å². The van der Waals surface area contributed by atoms with Crippen LogP contribution in [0.2, 0.25) is 0 Å². The summed E-state index contributed by atoms with van der Waals surface area (Å²) in [6, 6.07) is 0. The van der Waals surface area contributed by atoms with Crippen molar-refractivity contribution < 1.29 is 28.6 Å². The molecule has 1 atom stereocenters. The Morgan fingerprint density at radius 2 is 0.481 bits per heavy atom. The van der Waals surface area contributed by atoms with Crippen molar-refractivity contribution in [3.63, 3.8) is 0 Å². The SMILES string of the molecule is CC/C=C\C/C=C\C/C=C\CCCCCCCCCC(=O)OCC(COC(=O)CCCCCCCCCCCCCCCCCCCCCCCCCCCCCC)OC(=O)CCCCCCCCC/C=C\C/C=C\CCCCCC. The van der Waals surface area contributed by atoms with E-state index in [4.69, 9.17) is 14.2 Å². The summed E-state index contributed by atoms with van der Waals surface area (Å²) in [6.45, 7) is 6.56. The van der Waals surface area contributed by atoms with E-state index in [1.54, 1.807) is 0 Å². The zero-order chi connectivity index (χ0) is 58.5. The third kappa shape index (κ3) is 67.8. The standard InChI is InChI=1S/C75H136O6/c1-4-7-10-13-16-19-22-25-28-31-33-34-35-36-37-38-39-40-41-42-45-47-50-53-56-59-62-65-68-74(77)80-71-72(70-79-73(76)67-64-61-58-55-52-49-46-43-30-27-24-21-18-15-12-9-6-3)81-75(78)69-66-63-60-57-54-51-48-44-32-29-26-23-20-17-14-11-8-5-2/h9,12,18,20-21,23,27,29-30,32,72H,4-8,10-11,13-17,19,22,24-26,28,31,33-71H2,1-3H3/b12-9-,21-18-,23-20-,30-27-,32-29-. The third-order valence-electron chi connectivity index (χ3n) is 16.0. The Balaban J connectivity index is 4.26. The smallest absolute Gasteiger partial charge is 0.306 e. The van der Waals surface area contributed by atoms with Gasteiger partial charge >= 0.3 is 17.9 Å². The van der Waals surface area contributed by atoms with Gasteiger partial charge in [-0.25, -0.2) is 0 Å². The van der Waals surface area contributed by atoms with Gasteiger partial charge in [-0.1, -0.05) is 338 Å². The van der Waals surface area contributed by atoms with E-state index in [9.17, 15) is 14.4 Å². The van der Waals surface area contributed by atoms with Gasteiger partial charge in [0.25, 0.3) is 0 Å². The second kappa shape index (κ2) is 69.6. The molecule has 0 spiro atoms. The monoisotopic (exact) mass is 1130 g/mol. The number of esters is 3. The van der Waals surface area contributed by atoms with Crippen LogP contribution in [-0.4, -0.2) is 37.2 Å². The molecule has 0 radical (unpaired) electrons. The number of unbranched alkanes of at least 4 members (excludes halogenated alkanes) is 45. The highest BCUT2D eigenvalue weighted by Gasteiger charge is 2.19. The molecule has 0 saturated carbocycles. The molecule has 0 aliphatic heterocycles. The highest BCUT2D eigenvalue weighted by Crippen LogP contribution is 2.18. The zero-order valence-corrected chi connectivity index (χ0v) is 54.3. The van der Waals surface area contributed by atoms with Gasteiger partial charge in [-0.15, -0.1) is 0 Å². The highest BCUT2D eigenvalue weighted by atomic mass is 16.6. The number of ether oxygens (including phenoxy) is 3. The number of hydrogen-bond acceptors (Lipinski definition) is 6. The van der Waals surface area contributed by atoms with Gasteiger partial charge in [-0.3, -0.25) is 14.4 Å². The van der Waals surface area contributed by atoms with Crippen LogP contribution in [0.15, 0.2) is 60.8 Å². The Morgan fingerprint density at radius 3 is 0.765 bits per heavy atom. The van der Waals surface area contributed by atoms with Crippen LogP contribution in [-0.2, 0) is 28.6 Å². The molecule has 6 heteroatoms. The van der Waals surface area contributed by atoms with Crippen LogP contribution in [0.5, 0.6) is 0 Å². The van der Waals surface area contributed by atoms with Crippen molar-refractivity contribution >= 4 is 17.9 Å². The third-order valence-corrected chi connectivity index (χ3v) is 16.0. The molecule has 0 N–H and O–H groups in total. The number of allylic oxidation sites excluding steroid dienone is 10. The Hall–Kier alpha value is -2.89. The molecule has 0 saturated heterocycles. The summed E-state index contributed by atoms with van der Waals surface area (Å²) in [5.74, 6) is -0.872. The van der Waals surface area contributed by atoms with Gasteiger partial charge in [-0.05, 0) is 83.5 Å². The Morgan fingerprint density at radius 1 is 0.259 bits per heavy atom. The van der Waals surface area contributed by atoms with Crippen LogP contribution in [0.25, 0.3) is 0 Å². The van der Waals surface area contributed by atoms with E-state index in [2.05, 4.69) is 81.5 Å². The lowest BCUT2D eigenvalue weighted by Crippen LogP contribution is -2.30. The summed E-state index contributed by atoms with van der Waals surface area (Å²) in [7, 11) is 0. The highest BCUT2D eigenvalue weighted by molar-refractivity contribution is 5.71. The first kappa shape index (κ1) is 78.1. The lowest BCUT2D eigenvalue weighted by atomic mass is 10.0. The Bertz CT molecular complexity index is 1440. The Labute approximate surface area is 504 Å². The summed E-state index contributed by atoms with van der Waals surface area (Å²) >= 11 is 0. The van der Waals surface area contributed by atoms with Gasteiger partial charge in [0.15, 0.2) is 6.10 Å². The maximum atomic E-state index is 12.9. The van der Waals surface area contributed by atoms with E-state index in [-0.39, 0.29) is 31.1 Å². The Kier molecular flexibility index (Phi) is 67.1. The average Bonchev–Trinajstić information content (AvgIpc) is 3.47. The molecule has 0 fully saturated rings. The number of rotatable bonds is 66. The molecule has 472 valence electrons. The summed E-state index contributed by atoms with van der Waals surface area (Å²) in [5, 5.41) is 0. The molecule has 0 heterocycles. The maximum Gasteiger partial charge on any atom is 0.306 e. The topological polar surface area (TPSA) is 78.9 Å². The molecule has 0 aliphatic rings. The average molecular weight is 1130 g/mol. The van der Waals surface area contributed by atoms with Crippen LogP contribution < -0.4 is 0 Å². The van der Waals surface area contributed by atoms with Gasteiger partial charge in [0, 0.05) is 19.3 Å². The molecule has 0 aliphatic carbocycles. The zero-order valence-electron chi connectivity index (χ0n) is 54.3. The fourth-order valence-electron chi connectivity index (χ4n) is 10.7. The van der Waals surface area contributed by atoms with Gasteiger partial charge in [0.2, 0.25) is 0 Å². The quantitative estimate of drug-likeness (QED) is 0.0261. The van der Waals surface area contributed by atoms with Crippen molar-refractivity contribution in [2.75, 3.05) is 13.2 Å². The van der Waals surface area contributed by atoms with Crippen molar-refractivity contribution in [2.45, 2.75) is 386 Å². The molecule has 0 rings (SSSR count). The van der Waals surface area contributed by atoms with E-state index in [0.717, 1.165) is 96.3 Å². The van der Waals surface area contributed by atoms with Crippen molar-refractivity contribution in [2.24, 2.45) is 0 Å². The van der Waals surface area contributed by atoms with Crippen LogP contribution in [0.1, 0.15) is 380 Å². The summed E-state index contributed by atoms with van der Waals surface area (Å²) in [5.41, 5.74) is 0. The van der Waals surface area contributed by atoms with Gasteiger partial charge in [0.05, 0.1) is 0 Å². The molecule has 0 aromatic heterocycles. The summed E-state index contributed by atoms with van der Waals surface area (Å²) < 4.78 is 17.0. The predicted molar refractivity (Wildman–Crippen MR) is 353 cm³/mol. The minimum atomic E-state index is -0.783. The van der Waals surface area contributed by atoms with E-state index in [1.165, 1.54) is 244 Å². The number of hydrogen-bond donors (Lipinski definition) is 0. The number of carbonyl (C=O) groups is 3.